The smallest absolute Gasteiger partial charge is 0.357 e. The Hall–Kier alpha value is -2.11. The lowest BCUT2D eigenvalue weighted by atomic mass is 10.4. The van der Waals surface area contributed by atoms with E-state index in [0.717, 1.165) is 6.26 Å². The van der Waals surface area contributed by atoms with E-state index in [1.165, 1.54) is 0 Å². The number of oxazole rings is 1. The van der Waals surface area contributed by atoms with Crippen LogP contribution >= 0.6 is 0 Å². The Kier molecular flexibility index (Phi) is 1.81. The molecule has 0 radical (unpaired) electrons. The molecule has 0 aromatic carbocycles. The predicted molar refractivity (Wildman–Crippen MR) is 45.7 cm³/mol. The zero-order valence-electron chi connectivity index (χ0n) is 7.34. The third-order valence-corrected chi connectivity index (χ3v) is 1.76. The molecule has 0 aliphatic carbocycles. The van der Waals surface area contributed by atoms with Crippen molar-refractivity contribution in [3.63, 3.8) is 0 Å². The number of aromatic nitrogens is 3. The molecular weight excluding hydrogens is 186 g/mol. The van der Waals surface area contributed by atoms with Crippen molar-refractivity contribution < 1.29 is 14.3 Å². The first-order valence-corrected chi connectivity index (χ1v) is 3.84. The molecule has 0 fully saturated rings. The van der Waals surface area contributed by atoms with Gasteiger partial charge in [-0.1, -0.05) is 0 Å². The van der Waals surface area contributed by atoms with E-state index in [1.807, 2.05) is 0 Å². The number of aryl methyl sites for hydroxylation is 1. The van der Waals surface area contributed by atoms with Crippen LogP contribution in [-0.2, 0) is 7.05 Å². The van der Waals surface area contributed by atoms with Gasteiger partial charge in [-0.25, -0.2) is 14.8 Å². The summed E-state index contributed by atoms with van der Waals surface area (Å²) in [5, 5.41) is 8.62. The van der Waals surface area contributed by atoms with Crippen molar-refractivity contribution in [1.29, 1.82) is 0 Å². The summed E-state index contributed by atoms with van der Waals surface area (Å²) in [5.74, 6) is -0.857. The van der Waals surface area contributed by atoms with Gasteiger partial charge < -0.3 is 14.1 Å². The van der Waals surface area contributed by atoms with Crippen LogP contribution in [0.2, 0.25) is 0 Å². The van der Waals surface area contributed by atoms with Gasteiger partial charge in [0.2, 0.25) is 5.89 Å². The number of aromatic carboxylic acids is 1. The normalized spacial score (nSPS) is 10.4. The monoisotopic (exact) mass is 193 g/mol. The molecule has 2 heterocycles. The molecule has 2 aromatic rings. The number of carboxylic acids is 1. The number of rotatable bonds is 2. The molecule has 0 saturated heterocycles. The Bertz CT molecular complexity index is 472. The highest BCUT2D eigenvalue weighted by Crippen LogP contribution is 2.16. The lowest BCUT2D eigenvalue weighted by Crippen LogP contribution is -1.96. The molecule has 6 heteroatoms. The molecule has 2 aromatic heterocycles. The van der Waals surface area contributed by atoms with Crippen LogP contribution in [0.4, 0.5) is 0 Å². The van der Waals surface area contributed by atoms with Crippen LogP contribution in [0.25, 0.3) is 11.6 Å². The zero-order valence-corrected chi connectivity index (χ0v) is 7.34. The van der Waals surface area contributed by atoms with Gasteiger partial charge in [0.05, 0.1) is 12.5 Å². The largest absolute Gasteiger partial charge is 0.476 e. The van der Waals surface area contributed by atoms with Crippen LogP contribution in [0.1, 0.15) is 10.5 Å². The summed E-state index contributed by atoms with van der Waals surface area (Å²) < 4.78 is 6.69. The summed E-state index contributed by atoms with van der Waals surface area (Å²) in [6, 6.07) is 0. The Morgan fingerprint density at radius 1 is 1.64 bits per heavy atom. The summed E-state index contributed by atoms with van der Waals surface area (Å²) in [7, 11) is 1.77. The van der Waals surface area contributed by atoms with Gasteiger partial charge in [0.15, 0.2) is 5.69 Å². The van der Waals surface area contributed by atoms with Gasteiger partial charge in [0.25, 0.3) is 0 Å². The second-order valence-corrected chi connectivity index (χ2v) is 2.73. The maximum Gasteiger partial charge on any atom is 0.357 e. The highest BCUT2D eigenvalue weighted by atomic mass is 16.4. The van der Waals surface area contributed by atoms with Crippen LogP contribution in [-0.4, -0.2) is 25.6 Å². The van der Waals surface area contributed by atoms with Crippen molar-refractivity contribution in [1.82, 2.24) is 14.5 Å². The maximum absolute atomic E-state index is 10.5. The Labute approximate surface area is 78.8 Å². The minimum absolute atomic E-state index is 0.110. The van der Waals surface area contributed by atoms with E-state index in [4.69, 9.17) is 9.52 Å². The summed E-state index contributed by atoms with van der Waals surface area (Å²) >= 11 is 0. The Morgan fingerprint density at radius 3 is 2.93 bits per heavy atom. The molecule has 2 rings (SSSR count). The van der Waals surface area contributed by atoms with Gasteiger partial charge in [-0.15, -0.1) is 0 Å². The molecule has 0 atom stereocenters. The molecule has 0 aliphatic rings. The minimum atomic E-state index is -1.11. The summed E-state index contributed by atoms with van der Waals surface area (Å²) in [6.07, 6.45) is 4.24. The molecule has 14 heavy (non-hydrogen) atoms. The summed E-state index contributed by atoms with van der Waals surface area (Å²) in [5.41, 5.74) is 0.527. The van der Waals surface area contributed by atoms with E-state index < -0.39 is 5.97 Å². The fourth-order valence-electron chi connectivity index (χ4n) is 1.05. The number of nitrogens with zero attached hydrogens (tertiary/aromatic N) is 3. The van der Waals surface area contributed by atoms with Crippen LogP contribution in [0.3, 0.4) is 0 Å². The first-order chi connectivity index (χ1) is 6.68. The topological polar surface area (TPSA) is 81.2 Å². The zero-order chi connectivity index (χ0) is 10.1. The minimum Gasteiger partial charge on any atom is -0.476 e. The van der Waals surface area contributed by atoms with E-state index in [1.54, 1.807) is 24.1 Å². The van der Waals surface area contributed by atoms with E-state index in [9.17, 15) is 4.79 Å². The first-order valence-electron chi connectivity index (χ1n) is 3.84. The lowest BCUT2D eigenvalue weighted by Gasteiger charge is -1.93. The fraction of sp³-hybridized carbons (Fsp3) is 0.125. The molecule has 72 valence electrons. The average molecular weight is 193 g/mol. The van der Waals surface area contributed by atoms with Crippen molar-refractivity contribution in [2.75, 3.05) is 0 Å². The van der Waals surface area contributed by atoms with Gasteiger partial charge in [0, 0.05) is 7.05 Å². The molecule has 6 nitrogen and oxygen atoms in total. The first kappa shape index (κ1) is 8.49. The molecule has 0 unspecified atom stereocenters. The molecule has 0 saturated carbocycles. The number of imidazole rings is 1. The van der Waals surface area contributed by atoms with Crippen molar-refractivity contribution in [3.05, 3.63) is 24.5 Å². The second-order valence-electron chi connectivity index (χ2n) is 2.73. The quantitative estimate of drug-likeness (QED) is 0.761. The molecular formula is C8H7N3O3. The summed E-state index contributed by atoms with van der Waals surface area (Å²) in [6.45, 7) is 0. The average Bonchev–Trinajstić information content (AvgIpc) is 2.71. The number of hydrogen-bond donors (Lipinski definition) is 1. The second kappa shape index (κ2) is 2.99. The van der Waals surface area contributed by atoms with Gasteiger partial charge in [0.1, 0.15) is 12.0 Å². The fourth-order valence-corrected chi connectivity index (χ4v) is 1.05. The van der Waals surface area contributed by atoms with Crippen molar-refractivity contribution >= 4 is 5.97 Å². The molecule has 0 aliphatic heterocycles. The third-order valence-electron chi connectivity index (χ3n) is 1.76. The number of carboxylic acid groups (broad SMARTS) is 1. The summed E-state index contributed by atoms with van der Waals surface area (Å²) in [4.78, 5) is 18.2. The van der Waals surface area contributed by atoms with E-state index in [2.05, 4.69) is 9.97 Å². The van der Waals surface area contributed by atoms with E-state index >= 15 is 0 Å². The SMILES string of the molecule is Cn1cncc1-c1nc(C(=O)O)co1. The van der Waals surface area contributed by atoms with Gasteiger partial charge in [-0.3, -0.25) is 0 Å². The van der Waals surface area contributed by atoms with Crippen LogP contribution < -0.4 is 0 Å². The standard InChI is InChI=1S/C8H7N3O3/c1-11-4-9-2-6(11)7-10-5(3-14-7)8(12)13/h2-4H,1H3,(H,12,13). The molecule has 0 amide bonds. The predicted octanol–water partition coefficient (Wildman–Crippen LogP) is 0.773. The van der Waals surface area contributed by atoms with Crippen LogP contribution in [0.5, 0.6) is 0 Å². The van der Waals surface area contributed by atoms with E-state index in [0.29, 0.717) is 5.69 Å². The lowest BCUT2D eigenvalue weighted by molar-refractivity contribution is 0.0690. The van der Waals surface area contributed by atoms with Crippen molar-refractivity contribution in [3.8, 4) is 11.6 Å². The third kappa shape index (κ3) is 1.26. The van der Waals surface area contributed by atoms with Gasteiger partial charge in [-0.05, 0) is 0 Å². The Morgan fingerprint density at radius 2 is 2.43 bits per heavy atom. The van der Waals surface area contributed by atoms with Gasteiger partial charge >= 0.3 is 5.97 Å². The van der Waals surface area contributed by atoms with E-state index in [-0.39, 0.29) is 11.6 Å². The van der Waals surface area contributed by atoms with Crippen molar-refractivity contribution in [2.45, 2.75) is 0 Å². The van der Waals surface area contributed by atoms with Crippen LogP contribution in [0.15, 0.2) is 23.2 Å². The van der Waals surface area contributed by atoms with Crippen molar-refractivity contribution in [2.24, 2.45) is 7.05 Å². The molecule has 1 N–H and O–H groups in total. The molecule has 0 spiro atoms. The highest BCUT2D eigenvalue weighted by Gasteiger charge is 2.13. The van der Waals surface area contributed by atoms with Crippen LogP contribution in [0, 0.1) is 0 Å². The molecule has 0 bridgehead atoms. The number of carbonyl (C=O) groups is 1. The highest BCUT2D eigenvalue weighted by molar-refractivity contribution is 5.85. The van der Waals surface area contributed by atoms with Gasteiger partial charge in [-0.2, -0.15) is 0 Å². The number of hydrogen-bond acceptors (Lipinski definition) is 4. The maximum atomic E-state index is 10.5. The Balaban J connectivity index is 2.43.